The van der Waals surface area contributed by atoms with Gasteiger partial charge in [0.15, 0.2) is 0 Å². The van der Waals surface area contributed by atoms with Crippen molar-refractivity contribution in [3.05, 3.63) is 102 Å². The van der Waals surface area contributed by atoms with E-state index in [-0.39, 0.29) is 19.1 Å². The number of carbonyl (C=O) groups is 1. The van der Waals surface area contributed by atoms with Gasteiger partial charge in [-0.15, -0.1) is 6.58 Å². The van der Waals surface area contributed by atoms with E-state index in [1.54, 1.807) is 0 Å². The van der Waals surface area contributed by atoms with Crippen LogP contribution in [0.1, 0.15) is 22.6 Å². The van der Waals surface area contributed by atoms with Crippen LogP contribution in [0.4, 0.5) is 0 Å². The Hall–Kier alpha value is -3.97. The summed E-state index contributed by atoms with van der Waals surface area (Å²) in [7, 11) is 0. The molecule has 4 nitrogen and oxygen atoms in total. The van der Waals surface area contributed by atoms with E-state index in [2.05, 4.69) is 23.7 Å². The summed E-state index contributed by atoms with van der Waals surface area (Å²) >= 11 is 0. The SMILES string of the molecule is C=CCc1ccccc1OCC#CCNC(=O)C1c2ccccc2Oc2ccccc21. The minimum Gasteiger partial charge on any atom is -0.481 e. The number of nitrogens with one attached hydrogen (secondary N) is 1. The van der Waals surface area contributed by atoms with Crippen molar-refractivity contribution in [2.75, 3.05) is 13.2 Å². The number of amides is 1. The molecule has 0 unspecified atom stereocenters. The molecule has 4 heteroatoms. The maximum Gasteiger partial charge on any atom is 0.233 e. The van der Waals surface area contributed by atoms with Crippen LogP contribution in [-0.4, -0.2) is 19.1 Å². The molecule has 0 bridgehead atoms. The molecule has 4 rings (SSSR count). The third-order valence-electron chi connectivity index (χ3n) is 5.05. The molecule has 0 saturated heterocycles. The molecular formula is C27H23NO3. The van der Waals surface area contributed by atoms with Gasteiger partial charge in [0.05, 0.1) is 12.5 Å². The molecule has 154 valence electrons. The average molecular weight is 409 g/mol. The Bertz CT molecular complexity index is 1110. The van der Waals surface area contributed by atoms with Gasteiger partial charge >= 0.3 is 0 Å². The average Bonchev–Trinajstić information content (AvgIpc) is 2.80. The molecule has 1 N–H and O–H groups in total. The van der Waals surface area contributed by atoms with E-state index in [1.165, 1.54) is 0 Å². The Morgan fingerprint density at radius 3 is 2.32 bits per heavy atom. The molecule has 1 aliphatic heterocycles. The molecule has 3 aromatic carbocycles. The second kappa shape index (κ2) is 9.69. The van der Waals surface area contributed by atoms with Gasteiger partial charge in [-0.05, 0) is 30.2 Å². The number of rotatable bonds is 6. The number of hydrogen-bond acceptors (Lipinski definition) is 3. The highest BCUT2D eigenvalue weighted by Gasteiger charge is 2.31. The Kier molecular flexibility index (Phi) is 6.35. The third kappa shape index (κ3) is 4.62. The lowest BCUT2D eigenvalue weighted by Gasteiger charge is -2.27. The van der Waals surface area contributed by atoms with E-state index in [1.807, 2.05) is 78.9 Å². The van der Waals surface area contributed by atoms with E-state index < -0.39 is 5.92 Å². The van der Waals surface area contributed by atoms with Gasteiger partial charge in [0.1, 0.15) is 23.9 Å². The zero-order valence-electron chi connectivity index (χ0n) is 17.1. The molecule has 0 atom stereocenters. The summed E-state index contributed by atoms with van der Waals surface area (Å²) in [6.45, 7) is 4.27. The second-order valence-electron chi connectivity index (χ2n) is 7.07. The van der Waals surface area contributed by atoms with E-state index in [9.17, 15) is 4.79 Å². The lowest BCUT2D eigenvalue weighted by Crippen LogP contribution is -2.31. The Balaban J connectivity index is 1.38. The normalized spacial score (nSPS) is 11.7. The van der Waals surface area contributed by atoms with Crippen molar-refractivity contribution in [2.45, 2.75) is 12.3 Å². The van der Waals surface area contributed by atoms with Crippen LogP contribution in [0, 0.1) is 11.8 Å². The first-order valence-corrected chi connectivity index (χ1v) is 10.2. The molecule has 0 radical (unpaired) electrons. The minimum absolute atomic E-state index is 0.102. The number of carbonyl (C=O) groups excluding carboxylic acids is 1. The van der Waals surface area contributed by atoms with Crippen LogP contribution in [-0.2, 0) is 11.2 Å². The van der Waals surface area contributed by atoms with Crippen molar-refractivity contribution in [1.82, 2.24) is 5.32 Å². The Labute approximate surface area is 182 Å². The summed E-state index contributed by atoms with van der Waals surface area (Å²) in [5, 5.41) is 2.93. The molecule has 1 aliphatic rings. The summed E-state index contributed by atoms with van der Waals surface area (Å²) in [6.07, 6.45) is 2.59. The maximum atomic E-state index is 13.0. The van der Waals surface area contributed by atoms with Gasteiger partial charge in [0.2, 0.25) is 5.91 Å². The van der Waals surface area contributed by atoms with Crippen molar-refractivity contribution < 1.29 is 14.3 Å². The smallest absolute Gasteiger partial charge is 0.233 e. The fourth-order valence-corrected chi connectivity index (χ4v) is 3.62. The molecule has 31 heavy (non-hydrogen) atoms. The topological polar surface area (TPSA) is 47.6 Å². The van der Waals surface area contributed by atoms with Gasteiger partial charge in [0, 0.05) is 11.1 Å². The lowest BCUT2D eigenvalue weighted by atomic mass is 9.87. The third-order valence-corrected chi connectivity index (χ3v) is 5.05. The zero-order valence-corrected chi connectivity index (χ0v) is 17.1. The van der Waals surface area contributed by atoms with Crippen LogP contribution in [0.25, 0.3) is 0 Å². The number of allylic oxidation sites excluding steroid dienone is 1. The van der Waals surface area contributed by atoms with Gasteiger partial charge in [0.25, 0.3) is 0 Å². The highest BCUT2D eigenvalue weighted by Crippen LogP contribution is 2.43. The predicted octanol–water partition coefficient (Wildman–Crippen LogP) is 4.85. The molecular weight excluding hydrogens is 386 g/mol. The molecule has 0 spiro atoms. The molecule has 0 aromatic heterocycles. The highest BCUT2D eigenvalue weighted by atomic mass is 16.5. The minimum atomic E-state index is -0.426. The lowest BCUT2D eigenvalue weighted by molar-refractivity contribution is -0.121. The molecule has 1 heterocycles. The second-order valence-corrected chi connectivity index (χ2v) is 7.07. The summed E-state index contributed by atoms with van der Waals surface area (Å²) in [5.41, 5.74) is 2.78. The summed E-state index contributed by atoms with van der Waals surface area (Å²) in [6, 6.07) is 23.1. The molecule has 3 aromatic rings. The van der Waals surface area contributed by atoms with Crippen molar-refractivity contribution in [3.63, 3.8) is 0 Å². The first kappa shape index (κ1) is 20.3. The number of benzene rings is 3. The maximum absolute atomic E-state index is 13.0. The highest BCUT2D eigenvalue weighted by molar-refractivity contribution is 5.89. The summed E-state index contributed by atoms with van der Waals surface area (Å²) in [4.78, 5) is 13.0. The van der Waals surface area contributed by atoms with Gasteiger partial charge in [-0.2, -0.15) is 0 Å². The van der Waals surface area contributed by atoms with Crippen molar-refractivity contribution >= 4 is 5.91 Å². The fraction of sp³-hybridized carbons (Fsp3) is 0.148. The van der Waals surface area contributed by atoms with Crippen LogP contribution in [0.15, 0.2) is 85.5 Å². The Morgan fingerprint density at radius 1 is 0.968 bits per heavy atom. The van der Waals surface area contributed by atoms with Crippen LogP contribution < -0.4 is 14.8 Å². The number of hydrogen-bond donors (Lipinski definition) is 1. The number of ether oxygens (including phenoxy) is 2. The van der Waals surface area contributed by atoms with Gasteiger partial charge < -0.3 is 14.8 Å². The standard InChI is InChI=1S/C27H23NO3/c1-2-11-20-12-3-6-15-23(20)30-19-10-9-18-28-27(29)26-21-13-4-7-16-24(21)31-25-17-8-5-14-22(25)26/h2-8,12-17,26H,1,11,18-19H2,(H,28,29). The summed E-state index contributed by atoms with van der Waals surface area (Å²) in [5.74, 6) is 7.62. The van der Waals surface area contributed by atoms with Gasteiger partial charge in [-0.1, -0.05) is 72.5 Å². The Morgan fingerprint density at radius 2 is 1.61 bits per heavy atom. The van der Waals surface area contributed by atoms with Crippen molar-refractivity contribution in [1.29, 1.82) is 0 Å². The molecule has 1 amide bonds. The number of fused-ring (bicyclic) bond motifs is 2. The van der Waals surface area contributed by atoms with E-state index in [4.69, 9.17) is 9.47 Å². The quantitative estimate of drug-likeness (QED) is 0.468. The van der Waals surface area contributed by atoms with E-state index >= 15 is 0 Å². The first-order valence-electron chi connectivity index (χ1n) is 10.2. The van der Waals surface area contributed by atoms with Crippen molar-refractivity contribution in [3.8, 4) is 29.1 Å². The molecule has 0 fully saturated rings. The van der Waals surface area contributed by atoms with Gasteiger partial charge in [-0.25, -0.2) is 0 Å². The number of para-hydroxylation sites is 3. The first-order chi connectivity index (χ1) is 15.3. The van der Waals surface area contributed by atoms with E-state index in [0.29, 0.717) is 11.5 Å². The van der Waals surface area contributed by atoms with Crippen LogP contribution >= 0.6 is 0 Å². The van der Waals surface area contributed by atoms with Gasteiger partial charge in [-0.3, -0.25) is 4.79 Å². The molecule has 0 saturated carbocycles. The van der Waals surface area contributed by atoms with Crippen LogP contribution in [0.5, 0.6) is 17.2 Å². The predicted molar refractivity (Wildman–Crippen MR) is 121 cm³/mol. The van der Waals surface area contributed by atoms with Crippen molar-refractivity contribution in [2.24, 2.45) is 0 Å². The fourth-order valence-electron chi connectivity index (χ4n) is 3.62. The van der Waals surface area contributed by atoms with Crippen LogP contribution in [0.2, 0.25) is 0 Å². The van der Waals surface area contributed by atoms with E-state index in [0.717, 1.165) is 28.9 Å². The monoisotopic (exact) mass is 409 g/mol. The zero-order chi connectivity index (χ0) is 21.5. The van der Waals surface area contributed by atoms with Crippen LogP contribution in [0.3, 0.4) is 0 Å². The molecule has 0 aliphatic carbocycles. The largest absolute Gasteiger partial charge is 0.481 e. The summed E-state index contributed by atoms with van der Waals surface area (Å²) < 4.78 is 11.7.